The van der Waals surface area contributed by atoms with E-state index in [9.17, 15) is 9.18 Å². The summed E-state index contributed by atoms with van der Waals surface area (Å²) >= 11 is 0. The van der Waals surface area contributed by atoms with Gasteiger partial charge in [0.2, 0.25) is 5.91 Å². The summed E-state index contributed by atoms with van der Waals surface area (Å²) in [6.07, 6.45) is 0.323. The SMILES string of the molecule is Cc1ccc(C)c(NC(=O)CCNc2cccc(F)c2)c1. The van der Waals surface area contributed by atoms with Gasteiger partial charge in [-0.2, -0.15) is 0 Å². The van der Waals surface area contributed by atoms with E-state index in [2.05, 4.69) is 10.6 Å². The lowest BCUT2D eigenvalue weighted by molar-refractivity contribution is -0.115. The van der Waals surface area contributed by atoms with E-state index in [1.54, 1.807) is 12.1 Å². The molecule has 0 unspecified atom stereocenters. The van der Waals surface area contributed by atoms with Crippen LogP contribution in [0.2, 0.25) is 0 Å². The summed E-state index contributed by atoms with van der Waals surface area (Å²) in [6, 6.07) is 12.1. The molecule has 0 radical (unpaired) electrons. The van der Waals surface area contributed by atoms with Gasteiger partial charge in [-0.15, -0.1) is 0 Å². The van der Waals surface area contributed by atoms with Gasteiger partial charge in [-0.3, -0.25) is 4.79 Å². The number of nitrogens with one attached hydrogen (secondary N) is 2. The molecule has 2 aromatic carbocycles. The predicted molar refractivity (Wildman–Crippen MR) is 84.1 cm³/mol. The second-order valence-corrected chi connectivity index (χ2v) is 5.05. The first-order chi connectivity index (χ1) is 10.0. The third kappa shape index (κ3) is 4.60. The van der Waals surface area contributed by atoms with E-state index in [1.165, 1.54) is 12.1 Å². The molecule has 0 spiro atoms. The zero-order chi connectivity index (χ0) is 15.2. The molecule has 3 nitrogen and oxygen atoms in total. The monoisotopic (exact) mass is 286 g/mol. The minimum absolute atomic E-state index is 0.0624. The van der Waals surface area contributed by atoms with E-state index in [-0.39, 0.29) is 11.7 Å². The topological polar surface area (TPSA) is 41.1 Å². The second-order valence-electron chi connectivity index (χ2n) is 5.05. The van der Waals surface area contributed by atoms with Gasteiger partial charge in [0.15, 0.2) is 0 Å². The summed E-state index contributed by atoms with van der Waals surface area (Å²) in [6.45, 7) is 4.40. The van der Waals surface area contributed by atoms with Crippen LogP contribution >= 0.6 is 0 Å². The number of hydrogen-bond acceptors (Lipinski definition) is 2. The maximum Gasteiger partial charge on any atom is 0.226 e. The molecule has 0 bridgehead atoms. The van der Waals surface area contributed by atoms with E-state index in [1.807, 2.05) is 32.0 Å². The van der Waals surface area contributed by atoms with Crippen molar-refractivity contribution in [1.29, 1.82) is 0 Å². The average Bonchev–Trinajstić information content (AvgIpc) is 2.43. The highest BCUT2D eigenvalue weighted by atomic mass is 19.1. The van der Waals surface area contributed by atoms with Crippen molar-refractivity contribution in [2.75, 3.05) is 17.2 Å². The van der Waals surface area contributed by atoms with Crippen LogP contribution in [0.15, 0.2) is 42.5 Å². The first kappa shape index (κ1) is 15.0. The minimum atomic E-state index is -0.292. The number of carbonyl (C=O) groups excluding carboxylic acids is 1. The number of benzene rings is 2. The first-order valence-electron chi connectivity index (χ1n) is 6.91. The normalized spacial score (nSPS) is 10.2. The third-order valence-electron chi connectivity index (χ3n) is 3.17. The number of hydrogen-bond donors (Lipinski definition) is 2. The first-order valence-corrected chi connectivity index (χ1v) is 6.91. The summed E-state index contributed by atoms with van der Waals surface area (Å²) < 4.78 is 13.0. The highest BCUT2D eigenvalue weighted by Crippen LogP contribution is 2.16. The summed E-state index contributed by atoms with van der Waals surface area (Å²) in [5.41, 5.74) is 3.65. The van der Waals surface area contributed by atoms with E-state index >= 15 is 0 Å². The van der Waals surface area contributed by atoms with E-state index in [4.69, 9.17) is 0 Å². The third-order valence-corrected chi connectivity index (χ3v) is 3.17. The molecule has 0 heterocycles. The quantitative estimate of drug-likeness (QED) is 0.875. The van der Waals surface area contributed by atoms with Crippen molar-refractivity contribution in [2.24, 2.45) is 0 Å². The molecule has 4 heteroatoms. The molecule has 0 aromatic heterocycles. The van der Waals surface area contributed by atoms with Crippen LogP contribution in [0.3, 0.4) is 0 Å². The van der Waals surface area contributed by atoms with Gasteiger partial charge in [-0.1, -0.05) is 18.2 Å². The number of halogens is 1. The van der Waals surface area contributed by atoms with Crippen molar-refractivity contribution in [1.82, 2.24) is 0 Å². The Hall–Kier alpha value is -2.36. The summed E-state index contributed by atoms with van der Waals surface area (Å²) in [4.78, 5) is 11.9. The van der Waals surface area contributed by atoms with E-state index < -0.39 is 0 Å². The molecule has 1 amide bonds. The molecule has 0 aliphatic carbocycles. The Bertz CT molecular complexity index is 640. The van der Waals surface area contributed by atoms with Gasteiger partial charge < -0.3 is 10.6 Å². The van der Waals surface area contributed by atoms with Gasteiger partial charge in [-0.25, -0.2) is 4.39 Å². The largest absolute Gasteiger partial charge is 0.384 e. The molecule has 2 aromatic rings. The Labute approximate surface area is 124 Å². The van der Waals surface area contributed by atoms with Crippen molar-refractivity contribution in [3.8, 4) is 0 Å². The van der Waals surface area contributed by atoms with Crippen molar-refractivity contribution in [3.63, 3.8) is 0 Å². The molecule has 0 aliphatic heterocycles. The van der Waals surface area contributed by atoms with Crippen LogP contribution in [0.4, 0.5) is 15.8 Å². The molecular weight excluding hydrogens is 267 g/mol. The van der Waals surface area contributed by atoms with Crippen LogP contribution in [-0.2, 0) is 4.79 Å². The number of rotatable bonds is 5. The Morgan fingerprint density at radius 1 is 1.14 bits per heavy atom. The maximum atomic E-state index is 13.0. The zero-order valence-corrected chi connectivity index (χ0v) is 12.2. The predicted octanol–water partition coefficient (Wildman–Crippen LogP) is 3.88. The van der Waals surface area contributed by atoms with Crippen LogP contribution in [0.25, 0.3) is 0 Å². The molecule has 0 atom stereocenters. The fourth-order valence-electron chi connectivity index (χ4n) is 2.00. The molecule has 2 rings (SSSR count). The van der Waals surface area contributed by atoms with Crippen LogP contribution in [0.1, 0.15) is 17.5 Å². The molecule has 0 saturated heterocycles. The number of aryl methyl sites for hydroxylation is 2. The molecule has 0 saturated carbocycles. The molecule has 21 heavy (non-hydrogen) atoms. The number of carbonyl (C=O) groups is 1. The lowest BCUT2D eigenvalue weighted by Crippen LogP contribution is -2.16. The molecule has 110 valence electrons. The lowest BCUT2D eigenvalue weighted by Gasteiger charge is -2.10. The fourth-order valence-corrected chi connectivity index (χ4v) is 2.00. The second kappa shape index (κ2) is 6.88. The highest BCUT2D eigenvalue weighted by molar-refractivity contribution is 5.91. The van der Waals surface area contributed by atoms with Gasteiger partial charge >= 0.3 is 0 Å². The van der Waals surface area contributed by atoms with Gasteiger partial charge in [-0.05, 0) is 49.2 Å². The molecule has 2 N–H and O–H groups in total. The van der Waals surface area contributed by atoms with Crippen LogP contribution in [0, 0.1) is 19.7 Å². The Balaban J connectivity index is 1.84. The van der Waals surface area contributed by atoms with E-state index in [0.29, 0.717) is 18.7 Å². The van der Waals surface area contributed by atoms with Crippen LogP contribution < -0.4 is 10.6 Å². The molecule has 0 aliphatic rings. The summed E-state index contributed by atoms with van der Waals surface area (Å²) in [7, 11) is 0. The fraction of sp³-hybridized carbons (Fsp3) is 0.235. The van der Waals surface area contributed by atoms with Crippen molar-refractivity contribution in [3.05, 3.63) is 59.4 Å². The summed E-state index contributed by atoms with van der Waals surface area (Å²) in [5.74, 6) is -0.354. The number of amides is 1. The smallest absolute Gasteiger partial charge is 0.226 e. The van der Waals surface area contributed by atoms with E-state index in [0.717, 1.165) is 16.8 Å². The average molecular weight is 286 g/mol. The molecular formula is C17H19FN2O. The zero-order valence-electron chi connectivity index (χ0n) is 12.2. The van der Waals surface area contributed by atoms with Crippen LogP contribution in [0.5, 0.6) is 0 Å². The van der Waals surface area contributed by atoms with Gasteiger partial charge in [0.25, 0.3) is 0 Å². The van der Waals surface area contributed by atoms with Gasteiger partial charge in [0, 0.05) is 24.3 Å². The maximum absolute atomic E-state index is 13.0. The Kier molecular flexibility index (Phi) is 4.93. The highest BCUT2D eigenvalue weighted by Gasteiger charge is 2.05. The number of anilines is 2. The summed E-state index contributed by atoms with van der Waals surface area (Å²) in [5, 5.41) is 5.92. The van der Waals surface area contributed by atoms with Crippen molar-refractivity contribution < 1.29 is 9.18 Å². The lowest BCUT2D eigenvalue weighted by atomic mass is 10.1. The molecule has 0 fully saturated rings. The Morgan fingerprint density at radius 3 is 2.71 bits per heavy atom. The van der Waals surface area contributed by atoms with Crippen LogP contribution in [-0.4, -0.2) is 12.5 Å². The minimum Gasteiger partial charge on any atom is -0.384 e. The van der Waals surface area contributed by atoms with Crippen molar-refractivity contribution in [2.45, 2.75) is 20.3 Å². The van der Waals surface area contributed by atoms with Gasteiger partial charge in [0.05, 0.1) is 0 Å². The standard InChI is InChI=1S/C17H19FN2O/c1-12-6-7-13(2)16(10-12)20-17(21)8-9-19-15-5-3-4-14(18)11-15/h3-7,10-11,19H,8-9H2,1-2H3,(H,20,21). The van der Waals surface area contributed by atoms with Gasteiger partial charge in [0.1, 0.15) is 5.82 Å². The van der Waals surface area contributed by atoms with Crippen molar-refractivity contribution >= 4 is 17.3 Å². The Morgan fingerprint density at radius 2 is 1.95 bits per heavy atom.